The minimum Gasteiger partial charge on any atom is -0.310 e. The maximum absolute atomic E-state index is 6.21. The van der Waals surface area contributed by atoms with Crippen molar-refractivity contribution in [1.82, 2.24) is 5.32 Å². The van der Waals surface area contributed by atoms with E-state index < -0.39 is 0 Å². The molecule has 1 aliphatic carbocycles. The maximum Gasteiger partial charge on any atom is 0.0595 e. The predicted molar refractivity (Wildman–Crippen MR) is 88.6 cm³/mol. The van der Waals surface area contributed by atoms with E-state index >= 15 is 0 Å². The van der Waals surface area contributed by atoms with Crippen molar-refractivity contribution in [2.45, 2.75) is 52.5 Å². The molecule has 2 unspecified atom stereocenters. The number of halogens is 2. The molecule has 112 valence electrons. The van der Waals surface area contributed by atoms with Crippen molar-refractivity contribution < 1.29 is 0 Å². The van der Waals surface area contributed by atoms with Crippen LogP contribution in [0.4, 0.5) is 0 Å². The number of rotatable bonds is 4. The molecule has 1 aromatic rings. The molecule has 0 saturated heterocycles. The van der Waals surface area contributed by atoms with Gasteiger partial charge in [0.15, 0.2) is 0 Å². The fourth-order valence-electron chi connectivity index (χ4n) is 3.56. The van der Waals surface area contributed by atoms with Crippen molar-refractivity contribution in [2.24, 2.45) is 11.3 Å². The highest BCUT2D eigenvalue weighted by Gasteiger charge is 2.37. The number of hydrogen-bond acceptors (Lipinski definition) is 1. The van der Waals surface area contributed by atoms with Gasteiger partial charge in [-0.25, -0.2) is 0 Å². The van der Waals surface area contributed by atoms with E-state index in [2.05, 4.69) is 32.2 Å². The van der Waals surface area contributed by atoms with E-state index in [0.717, 1.165) is 6.54 Å². The van der Waals surface area contributed by atoms with E-state index in [4.69, 9.17) is 23.2 Å². The molecule has 1 aromatic carbocycles. The standard InChI is InChI=1S/C17H25Cl2N/c1-4-20-16(12-8-9-14(18)15(19)11-12)13-7-5-6-10-17(13,2)3/h8-9,11,13,16,20H,4-7,10H2,1-3H3. The monoisotopic (exact) mass is 313 g/mol. The zero-order valence-corrected chi connectivity index (χ0v) is 14.2. The molecule has 2 atom stereocenters. The van der Waals surface area contributed by atoms with E-state index in [1.165, 1.54) is 31.2 Å². The molecule has 0 heterocycles. The molecule has 0 aromatic heterocycles. The summed E-state index contributed by atoms with van der Waals surface area (Å²) in [6.07, 6.45) is 5.27. The highest BCUT2D eigenvalue weighted by atomic mass is 35.5. The summed E-state index contributed by atoms with van der Waals surface area (Å²) in [6, 6.07) is 6.43. The lowest BCUT2D eigenvalue weighted by atomic mass is 9.65. The molecular formula is C17H25Cl2N. The van der Waals surface area contributed by atoms with Gasteiger partial charge in [0, 0.05) is 6.04 Å². The SMILES string of the molecule is CCNC(c1ccc(Cl)c(Cl)c1)C1CCCCC1(C)C. The molecule has 0 amide bonds. The van der Waals surface area contributed by atoms with E-state index in [9.17, 15) is 0 Å². The predicted octanol–water partition coefficient (Wildman–Crippen LogP) is 5.86. The average molecular weight is 314 g/mol. The fourth-order valence-corrected chi connectivity index (χ4v) is 3.86. The molecular weight excluding hydrogens is 289 g/mol. The Morgan fingerprint density at radius 3 is 2.60 bits per heavy atom. The van der Waals surface area contributed by atoms with Gasteiger partial charge in [-0.05, 0) is 48.4 Å². The van der Waals surface area contributed by atoms with Gasteiger partial charge in [-0.15, -0.1) is 0 Å². The summed E-state index contributed by atoms with van der Waals surface area (Å²) in [5, 5.41) is 4.96. The van der Waals surface area contributed by atoms with Gasteiger partial charge in [-0.1, -0.05) is 62.9 Å². The van der Waals surface area contributed by atoms with E-state index in [0.29, 0.717) is 27.4 Å². The Morgan fingerprint density at radius 2 is 2.00 bits per heavy atom. The second-order valence-corrected chi connectivity index (χ2v) is 7.36. The van der Waals surface area contributed by atoms with Crippen molar-refractivity contribution in [1.29, 1.82) is 0 Å². The lowest BCUT2D eigenvalue weighted by Crippen LogP contribution is -2.39. The second-order valence-electron chi connectivity index (χ2n) is 6.55. The maximum atomic E-state index is 6.21. The Morgan fingerprint density at radius 1 is 1.25 bits per heavy atom. The zero-order chi connectivity index (χ0) is 14.8. The summed E-state index contributed by atoms with van der Waals surface area (Å²) < 4.78 is 0. The Hall–Kier alpha value is -0.240. The van der Waals surface area contributed by atoms with Gasteiger partial charge in [-0.3, -0.25) is 0 Å². The summed E-state index contributed by atoms with van der Waals surface area (Å²) in [5.41, 5.74) is 1.64. The van der Waals surface area contributed by atoms with Crippen molar-refractivity contribution >= 4 is 23.2 Å². The highest BCUT2D eigenvalue weighted by molar-refractivity contribution is 6.42. The Bertz CT molecular complexity index is 456. The summed E-state index contributed by atoms with van der Waals surface area (Å²) in [4.78, 5) is 0. The van der Waals surface area contributed by atoms with Crippen LogP contribution in [0.5, 0.6) is 0 Å². The van der Waals surface area contributed by atoms with Gasteiger partial charge < -0.3 is 5.32 Å². The van der Waals surface area contributed by atoms with Gasteiger partial charge in [0.25, 0.3) is 0 Å². The lowest BCUT2D eigenvalue weighted by molar-refractivity contribution is 0.0988. The van der Waals surface area contributed by atoms with Crippen LogP contribution < -0.4 is 5.32 Å². The zero-order valence-electron chi connectivity index (χ0n) is 12.7. The molecule has 1 nitrogen and oxygen atoms in total. The van der Waals surface area contributed by atoms with E-state index in [1.54, 1.807) is 0 Å². The first-order valence-electron chi connectivity index (χ1n) is 7.64. The molecule has 0 bridgehead atoms. The molecule has 0 radical (unpaired) electrons. The summed E-state index contributed by atoms with van der Waals surface area (Å²) >= 11 is 12.3. The topological polar surface area (TPSA) is 12.0 Å². The van der Waals surface area contributed by atoms with Crippen LogP contribution in [0.2, 0.25) is 10.0 Å². The third kappa shape index (κ3) is 3.50. The van der Waals surface area contributed by atoms with Crippen molar-refractivity contribution in [3.8, 4) is 0 Å². The van der Waals surface area contributed by atoms with Crippen LogP contribution in [0, 0.1) is 11.3 Å². The van der Waals surface area contributed by atoms with Gasteiger partial charge in [0.2, 0.25) is 0 Å². The van der Waals surface area contributed by atoms with Crippen LogP contribution in [-0.4, -0.2) is 6.54 Å². The first kappa shape index (κ1) is 16.1. The van der Waals surface area contributed by atoms with Crippen LogP contribution in [0.3, 0.4) is 0 Å². The van der Waals surface area contributed by atoms with Gasteiger partial charge in [0.1, 0.15) is 0 Å². The van der Waals surface area contributed by atoms with Crippen molar-refractivity contribution in [3.05, 3.63) is 33.8 Å². The molecule has 1 N–H and O–H groups in total. The van der Waals surface area contributed by atoms with Crippen LogP contribution in [0.25, 0.3) is 0 Å². The van der Waals surface area contributed by atoms with Crippen LogP contribution in [0.15, 0.2) is 18.2 Å². The third-order valence-corrected chi connectivity index (χ3v) is 5.46. The van der Waals surface area contributed by atoms with Crippen molar-refractivity contribution in [2.75, 3.05) is 6.54 Å². The number of hydrogen-bond donors (Lipinski definition) is 1. The van der Waals surface area contributed by atoms with Gasteiger partial charge in [0.05, 0.1) is 10.0 Å². The average Bonchev–Trinajstić information content (AvgIpc) is 2.40. The summed E-state index contributed by atoms with van der Waals surface area (Å²) in [5.74, 6) is 0.647. The Labute approximate surface area is 133 Å². The van der Waals surface area contributed by atoms with Crippen LogP contribution in [0.1, 0.15) is 58.1 Å². The summed E-state index contributed by atoms with van der Waals surface area (Å²) in [6.45, 7) is 7.94. The quantitative estimate of drug-likeness (QED) is 0.734. The highest BCUT2D eigenvalue weighted by Crippen LogP contribution is 2.47. The molecule has 1 saturated carbocycles. The minimum atomic E-state index is 0.366. The largest absolute Gasteiger partial charge is 0.310 e. The minimum absolute atomic E-state index is 0.366. The second kappa shape index (κ2) is 6.68. The summed E-state index contributed by atoms with van der Waals surface area (Å²) in [7, 11) is 0. The smallest absolute Gasteiger partial charge is 0.0595 e. The van der Waals surface area contributed by atoms with Gasteiger partial charge in [-0.2, -0.15) is 0 Å². The van der Waals surface area contributed by atoms with Crippen LogP contribution in [-0.2, 0) is 0 Å². The van der Waals surface area contributed by atoms with E-state index in [-0.39, 0.29) is 0 Å². The third-order valence-electron chi connectivity index (χ3n) is 4.72. The van der Waals surface area contributed by atoms with Crippen LogP contribution >= 0.6 is 23.2 Å². The molecule has 2 rings (SSSR count). The number of benzene rings is 1. The first-order valence-corrected chi connectivity index (χ1v) is 8.39. The Kier molecular flexibility index (Phi) is 5.39. The first-order chi connectivity index (χ1) is 9.45. The molecule has 20 heavy (non-hydrogen) atoms. The van der Waals surface area contributed by atoms with Crippen molar-refractivity contribution in [3.63, 3.8) is 0 Å². The molecule has 0 aliphatic heterocycles. The fraction of sp³-hybridized carbons (Fsp3) is 0.647. The van der Waals surface area contributed by atoms with E-state index in [1.807, 2.05) is 12.1 Å². The molecule has 1 fully saturated rings. The molecule has 3 heteroatoms. The van der Waals surface area contributed by atoms with Gasteiger partial charge >= 0.3 is 0 Å². The lowest BCUT2D eigenvalue weighted by Gasteiger charge is -2.43. The molecule has 1 aliphatic rings. The normalized spacial score (nSPS) is 23.6. The number of nitrogens with one attached hydrogen (secondary N) is 1. The molecule has 0 spiro atoms. The Balaban J connectivity index is 2.32.